The number of carboxylic acids is 2. The second-order valence-corrected chi connectivity index (χ2v) is 6.58. The highest BCUT2D eigenvalue weighted by atomic mass is 32.2. The third-order valence-corrected chi connectivity index (χ3v) is 5.33. The van der Waals surface area contributed by atoms with Gasteiger partial charge in [-0.25, -0.2) is 4.98 Å². The van der Waals surface area contributed by atoms with Gasteiger partial charge in [-0.1, -0.05) is 11.8 Å². The minimum atomic E-state index is -1.46. The topological polar surface area (TPSA) is 142 Å². The summed E-state index contributed by atoms with van der Waals surface area (Å²) in [5, 5.41) is 25.5. The number of carbonyl (C=O) groups is 2. The maximum Gasteiger partial charge on any atom is 0.324 e. The first-order valence-corrected chi connectivity index (χ1v) is 7.03. The molecule has 1 aromatic rings. The Labute approximate surface area is 118 Å². The molecule has 9 heteroatoms. The van der Waals surface area contributed by atoms with Crippen LogP contribution in [0.25, 0.3) is 0 Å². The predicted octanol–water partition coefficient (Wildman–Crippen LogP) is -0.294. The van der Waals surface area contributed by atoms with E-state index in [0.717, 1.165) is 0 Å². The molecule has 2 aliphatic carbocycles. The average molecular weight is 298 g/mol. The van der Waals surface area contributed by atoms with Crippen LogP contribution in [0.4, 0.5) is 0 Å². The van der Waals surface area contributed by atoms with Crippen molar-refractivity contribution < 1.29 is 19.8 Å². The summed E-state index contributed by atoms with van der Waals surface area (Å²) in [4.78, 5) is 26.7. The molecule has 0 spiro atoms. The summed E-state index contributed by atoms with van der Waals surface area (Å²) < 4.78 is 0. The number of hydrogen-bond acceptors (Lipinski definition) is 6. The molecule has 1 aromatic heterocycles. The van der Waals surface area contributed by atoms with Crippen LogP contribution in [-0.4, -0.2) is 48.1 Å². The molecule has 4 unspecified atom stereocenters. The fourth-order valence-electron chi connectivity index (χ4n) is 3.24. The van der Waals surface area contributed by atoms with E-state index in [-0.39, 0.29) is 17.6 Å². The van der Waals surface area contributed by atoms with Crippen LogP contribution < -0.4 is 5.73 Å². The van der Waals surface area contributed by atoms with Gasteiger partial charge in [0.05, 0.1) is 5.92 Å². The van der Waals surface area contributed by atoms with Crippen LogP contribution >= 0.6 is 11.8 Å². The van der Waals surface area contributed by atoms with Gasteiger partial charge in [-0.15, -0.1) is 5.10 Å². The largest absolute Gasteiger partial charge is 0.481 e. The normalized spacial score (nSPS) is 38.5. The molecule has 20 heavy (non-hydrogen) atoms. The number of rotatable bonds is 4. The van der Waals surface area contributed by atoms with Gasteiger partial charge < -0.3 is 15.9 Å². The van der Waals surface area contributed by atoms with Crippen LogP contribution in [0.15, 0.2) is 5.16 Å². The SMILES string of the molecule is Cc1nc(S[C@@H]2CC(N)(C(=O)O)C3C(C(=O)O)C32)n[nH]1. The van der Waals surface area contributed by atoms with E-state index in [9.17, 15) is 14.7 Å². The van der Waals surface area contributed by atoms with Gasteiger partial charge in [0.15, 0.2) is 0 Å². The second-order valence-electron chi connectivity index (χ2n) is 5.38. The highest BCUT2D eigenvalue weighted by molar-refractivity contribution is 7.99. The lowest BCUT2D eigenvalue weighted by atomic mass is 9.91. The third kappa shape index (κ3) is 1.80. The lowest BCUT2D eigenvalue weighted by Crippen LogP contribution is -2.50. The number of aliphatic carboxylic acids is 2. The molecule has 2 aliphatic rings. The van der Waals surface area contributed by atoms with Crippen molar-refractivity contribution in [3.8, 4) is 0 Å². The number of H-pyrrole nitrogens is 1. The van der Waals surface area contributed by atoms with Gasteiger partial charge in [-0.3, -0.25) is 14.7 Å². The molecule has 0 aliphatic heterocycles. The van der Waals surface area contributed by atoms with Gasteiger partial charge >= 0.3 is 11.9 Å². The summed E-state index contributed by atoms with van der Waals surface area (Å²) in [6, 6.07) is 0. The van der Waals surface area contributed by atoms with Crippen LogP contribution in [-0.2, 0) is 9.59 Å². The zero-order valence-electron chi connectivity index (χ0n) is 10.6. The van der Waals surface area contributed by atoms with E-state index < -0.39 is 29.3 Å². The number of fused-ring (bicyclic) bond motifs is 1. The Morgan fingerprint density at radius 1 is 1.50 bits per heavy atom. The van der Waals surface area contributed by atoms with E-state index in [1.54, 1.807) is 6.92 Å². The summed E-state index contributed by atoms with van der Waals surface area (Å²) in [5.41, 5.74) is 4.48. The minimum Gasteiger partial charge on any atom is -0.481 e. The number of carboxylic acid groups (broad SMARTS) is 2. The summed E-state index contributed by atoms with van der Waals surface area (Å²) in [6.45, 7) is 1.76. The number of nitrogens with zero attached hydrogens (tertiary/aromatic N) is 2. The number of aromatic amines is 1. The summed E-state index contributed by atoms with van der Waals surface area (Å²) in [6.07, 6.45) is 0.236. The highest BCUT2D eigenvalue weighted by Crippen LogP contribution is 2.65. The zero-order valence-corrected chi connectivity index (χ0v) is 11.4. The standard InChI is InChI=1S/C11H14N4O4S/c1-3-13-10(15-14-3)20-4-2-11(12,9(18)19)7-5(4)6(7)8(16)17/h4-7H,2,12H2,1H3,(H,16,17)(H,18,19)(H,13,14,15)/t4-,5?,6?,7?,11?/m1/s1. The first-order chi connectivity index (χ1) is 9.34. The number of aromatic nitrogens is 3. The van der Waals surface area contributed by atoms with Crippen LogP contribution in [0.5, 0.6) is 0 Å². The van der Waals surface area contributed by atoms with Gasteiger partial charge in [0, 0.05) is 11.2 Å². The van der Waals surface area contributed by atoms with Gasteiger partial charge in [0.2, 0.25) is 5.16 Å². The maximum atomic E-state index is 11.4. The lowest BCUT2D eigenvalue weighted by molar-refractivity contribution is -0.145. The number of aryl methyl sites for hydroxylation is 1. The first kappa shape index (κ1) is 13.4. The van der Waals surface area contributed by atoms with Crippen LogP contribution in [0.3, 0.4) is 0 Å². The summed E-state index contributed by atoms with van der Waals surface area (Å²) in [5.74, 6) is -2.86. The Balaban J connectivity index is 1.83. The smallest absolute Gasteiger partial charge is 0.324 e. The fourth-order valence-corrected chi connectivity index (χ4v) is 4.66. The molecule has 0 aromatic carbocycles. The van der Waals surface area contributed by atoms with Crippen molar-refractivity contribution in [2.45, 2.75) is 29.3 Å². The van der Waals surface area contributed by atoms with Crippen molar-refractivity contribution in [2.24, 2.45) is 23.5 Å². The van der Waals surface area contributed by atoms with Crippen molar-refractivity contribution in [1.82, 2.24) is 15.2 Å². The molecule has 0 saturated heterocycles. The molecule has 0 bridgehead atoms. The average Bonchev–Trinajstić information content (AvgIpc) is 2.90. The van der Waals surface area contributed by atoms with E-state index in [1.807, 2.05) is 0 Å². The maximum absolute atomic E-state index is 11.4. The molecule has 1 heterocycles. The minimum absolute atomic E-state index is 0.183. The number of nitrogens with one attached hydrogen (secondary N) is 1. The van der Waals surface area contributed by atoms with Crippen molar-refractivity contribution in [1.29, 1.82) is 0 Å². The number of thioether (sulfide) groups is 1. The molecule has 2 saturated carbocycles. The Kier molecular flexibility index (Phi) is 2.80. The van der Waals surface area contributed by atoms with E-state index >= 15 is 0 Å². The van der Waals surface area contributed by atoms with E-state index in [4.69, 9.17) is 10.8 Å². The molecular weight excluding hydrogens is 284 g/mol. The predicted molar refractivity (Wildman–Crippen MR) is 68.0 cm³/mol. The third-order valence-electron chi connectivity index (χ3n) is 4.16. The zero-order chi connectivity index (χ0) is 14.7. The molecular formula is C11H14N4O4S. The lowest BCUT2D eigenvalue weighted by Gasteiger charge is -2.23. The van der Waals surface area contributed by atoms with Crippen molar-refractivity contribution >= 4 is 23.7 Å². The van der Waals surface area contributed by atoms with Gasteiger partial charge in [-0.05, 0) is 19.3 Å². The van der Waals surface area contributed by atoms with Crippen molar-refractivity contribution in [3.05, 3.63) is 5.82 Å². The molecule has 0 amide bonds. The van der Waals surface area contributed by atoms with E-state index in [2.05, 4.69) is 15.2 Å². The molecule has 108 valence electrons. The van der Waals surface area contributed by atoms with Gasteiger partial charge in [0.1, 0.15) is 11.4 Å². The number of hydrogen-bond donors (Lipinski definition) is 4. The molecule has 8 nitrogen and oxygen atoms in total. The Morgan fingerprint density at radius 3 is 2.70 bits per heavy atom. The monoisotopic (exact) mass is 298 g/mol. The Morgan fingerprint density at radius 2 is 2.20 bits per heavy atom. The second kappa shape index (κ2) is 4.19. The van der Waals surface area contributed by atoms with Gasteiger partial charge in [0.25, 0.3) is 0 Å². The van der Waals surface area contributed by atoms with Crippen molar-refractivity contribution in [2.75, 3.05) is 0 Å². The van der Waals surface area contributed by atoms with E-state index in [1.165, 1.54) is 11.8 Å². The molecule has 5 N–H and O–H groups in total. The first-order valence-electron chi connectivity index (χ1n) is 6.15. The molecule has 2 fully saturated rings. The van der Waals surface area contributed by atoms with Crippen LogP contribution in [0.2, 0.25) is 0 Å². The molecule has 3 rings (SSSR count). The summed E-state index contributed by atoms with van der Waals surface area (Å²) in [7, 11) is 0. The Hall–Kier alpha value is -1.61. The van der Waals surface area contributed by atoms with Gasteiger partial charge in [-0.2, -0.15) is 0 Å². The van der Waals surface area contributed by atoms with Crippen LogP contribution in [0, 0.1) is 24.7 Å². The Bertz CT molecular complexity index is 591. The molecule has 0 radical (unpaired) electrons. The van der Waals surface area contributed by atoms with Crippen LogP contribution in [0.1, 0.15) is 12.2 Å². The van der Waals surface area contributed by atoms with Crippen molar-refractivity contribution in [3.63, 3.8) is 0 Å². The fraction of sp³-hybridized carbons (Fsp3) is 0.636. The highest BCUT2D eigenvalue weighted by Gasteiger charge is 2.74. The van der Waals surface area contributed by atoms with E-state index in [0.29, 0.717) is 11.0 Å². The molecule has 5 atom stereocenters. The summed E-state index contributed by atoms with van der Waals surface area (Å²) >= 11 is 1.30. The number of nitrogens with two attached hydrogens (primary N) is 1. The quantitative estimate of drug-likeness (QED) is 0.593.